The molecule has 0 radical (unpaired) electrons. The second-order valence-electron chi connectivity index (χ2n) is 5.35. The summed E-state index contributed by atoms with van der Waals surface area (Å²) in [7, 11) is 0. The fraction of sp³-hybridized carbons (Fsp3) is 0.625. The molecule has 1 aliphatic heterocycles. The number of rotatable bonds is 7. The summed E-state index contributed by atoms with van der Waals surface area (Å²) in [5.41, 5.74) is 7.68. The third-order valence-corrected chi connectivity index (χ3v) is 3.79. The number of nitrogens with two attached hydrogens (primary N) is 1. The van der Waals surface area contributed by atoms with Crippen LogP contribution in [-0.2, 0) is 4.74 Å². The monoisotopic (exact) mass is 278 g/mol. The summed E-state index contributed by atoms with van der Waals surface area (Å²) in [6.07, 6.45) is 3.60. The molecular weight excluding hydrogens is 252 g/mol. The summed E-state index contributed by atoms with van der Waals surface area (Å²) in [5.74, 6) is 1.36. The van der Waals surface area contributed by atoms with E-state index >= 15 is 0 Å². The van der Waals surface area contributed by atoms with Crippen molar-refractivity contribution < 1.29 is 9.47 Å². The van der Waals surface area contributed by atoms with E-state index in [1.165, 1.54) is 0 Å². The van der Waals surface area contributed by atoms with Crippen LogP contribution in [0, 0.1) is 5.92 Å². The number of hydrogen-bond acceptors (Lipinski definition) is 4. The molecule has 1 aliphatic rings. The Morgan fingerprint density at radius 3 is 3.00 bits per heavy atom. The van der Waals surface area contributed by atoms with Crippen molar-refractivity contribution in [2.75, 3.05) is 30.8 Å². The van der Waals surface area contributed by atoms with Crippen molar-refractivity contribution in [2.24, 2.45) is 5.92 Å². The lowest BCUT2D eigenvalue weighted by molar-refractivity contribution is 0.0900. The molecule has 112 valence electrons. The highest BCUT2D eigenvalue weighted by atomic mass is 16.5. The number of hydrogen-bond donors (Lipinski definition) is 2. The average molecular weight is 278 g/mol. The molecule has 1 fully saturated rings. The van der Waals surface area contributed by atoms with Crippen LogP contribution in [-0.4, -0.2) is 25.9 Å². The van der Waals surface area contributed by atoms with E-state index in [9.17, 15) is 0 Å². The summed E-state index contributed by atoms with van der Waals surface area (Å²) in [5, 5.41) is 3.48. The highest BCUT2D eigenvalue weighted by Crippen LogP contribution is 2.27. The number of ether oxygens (including phenoxy) is 2. The maximum absolute atomic E-state index is 5.92. The van der Waals surface area contributed by atoms with Crippen molar-refractivity contribution in [3.63, 3.8) is 0 Å². The van der Waals surface area contributed by atoms with Gasteiger partial charge in [0.05, 0.1) is 18.4 Å². The first-order valence-corrected chi connectivity index (χ1v) is 7.62. The van der Waals surface area contributed by atoms with Gasteiger partial charge in [-0.15, -0.1) is 0 Å². The van der Waals surface area contributed by atoms with Gasteiger partial charge in [-0.2, -0.15) is 0 Å². The van der Waals surface area contributed by atoms with Crippen LogP contribution < -0.4 is 15.8 Å². The molecule has 0 amide bonds. The predicted octanol–water partition coefficient (Wildman–Crippen LogP) is 3.28. The molecule has 2 unspecified atom stereocenters. The van der Waals surface area contributed by atoms with Crippen molar-refractivity contribution in [3.8, 4) is 5.75 Å². The largest absolute Gasteiger partial charge is 0.491 e. The minimum absolute atomic E-state index is 0.395. The van der Waals surface area contributed by atoms with E-state index in [-0.39, 0.29) is 0 Å². The van der Waals surface area contributed by atoms with E-state index in [1.807, 2.05) is 18.2 Å². The van der Waals surface area contributed by atoms with Gasteiger partial charge in [-0.1, -0.05) is 13.8 Å². The van der Waals surface area contributed by atoms with E-state index in [4.69, 9.17) is 15.2 Å². The van der Waals surface area contributed by atoms with Gasteiger partial charge in [0.2, 0.25) is 0 Å². The topological polar surface area (TPSA) is 56.5 Å². The number of nitrogen functional groups attached to an aromatic ring is 1. The molecule has 4 heteroatoms. The lowest BCUT2D eigenvalue weighted by atomic mass is 9.99. The standard InChI is InChI=1S/C16H26N2O2/c1-3-8-19-16-10-13(5-6-14(16)17)18-11-12-7-9-20-15(12)4-2/h5-6,10,12,15,18H,3-4,7-9,11,17H2,1-2H3. The Bertz CT molecular complexity index is 423. The SMILES string of the molecule is CCCOc1cc(NCC2CCOC2CC)ccc1N. The van der Waals surface area contributed by atoms with E-state index in [1.54, 1.807) is 0 Å². The fourth-order valence-electron chi connectivity index (χ4n) is 2.61. The number of nitrogens with one attached hydrogen (secondary N) is 1. The van der Waals surface area contributed by atoms with Crippen LogP contribution in [0.3, 0.4) is 0 Å². The Hall–Kier alpha value is -1.42. The van der Waals surface area contributed by atoms with Crippen LogP contribution in [0.5, 0.6) is 5.75 Å². The summed E-state index contributed by atoms with van der Waals surface area (Å²) in [6.45, 7) is 6.79. The highest BCUT2D eigenvalue weighted by Gasteiger charge is 2.26. The molecule has 1 aromatic rings. The zero-order chi connectivity index (χ0) is 14.4. The van der Waals surface area contributed by atoms with Crippen LogP contribution in [0.25, 0.3) is 0 Å². The summed E-state index contributed by atoms with van der Waals surface area (Å²) in [4.78, 5) is 0. The average Bonchev–Trinajstić information content (AvgIpc) is 2.92. The maximum Gasteiger partial charge on any atom is 0.144 e. The van der Waals surface area contributed by atoms with E-state index in [2.05, 4.69) is 19.2 Å². The van der Waals surface area contributed by atoms with Crippen LogP contribution >= 0.6 is 0 Å². The quantitative estimate of drug-likeness (QED) is 0.751. The maximum atomic E-state index is 5.92. The zero-order valence-corrected chi connectivity index (χ0v) is 12.5. The van der Waals surface area contributed by atoms with E-state index < -0.39 is 0 Å². The van der Waals surface area contributed by atoms with Gasteiger partial charge in [0.15, 0.2) is 0 Å². The van der Waals surface area contributed by atoms with Crippen molar-refractivity contribution in [1.82, 2.24) is 0 Å². The van der Waals surface area contributed by atoms with Gasteiger partial charge in [0, 0.05) is 30.8 Å². The second kappa shape index (κ2) is 7.39. The molecule has 0 spiro atoms. The van der Waals surface area contributed by atoms with Gasteiger partial charge in [0.1, 0.15) is 5.75 Å². The highest BCUT2D eigenvalue weighted by molar-refractivity contribution is 5.61. The van der Waals surface area contributed by atoms with Gasteiger partial charge >= 0.3 is 0 Å². The molecule has 1 aromatic carbocycles. The van der Waals surface area contributed by atoms with Gasteiger partial charge in [-0.3, -0.25) is 0 Å². The van der Waals surface area contributed by atoms with E-state index in [0.29, 0.717) is 24.3 Å². The molecule has 0 aliphatic carbocycles. The Kier molecular flexibility index (Phi) is 5.53. The van der Waals surface area contributed by atoms with Gasteiger partial charge < -0.3 is 20.5 Å². The van der Waals surface area contributed by atoms with Crippen LogP contribution in [0.4, 0.5) is 11.4 Å². The molecule has 0 aromatic heterocycles. The summed E-state index contributed by atoms with van der Waals surface area (Å²) in [6, 6.07) is 5.89. The molecular formula is C16H26N2O2. The third-order valence-electron chi connectivity index (χ3n) is 3.79. The first-order chi connectivity index (χ1) is 9.74. The molecule has 2 atom stereocenters. The van der Waals surface area contributed by atoms with E-state index in [0.717, 1.165) is 43.9 Å². The fourth-order valence-corrected chi connectivity index (χ4v) is 2.61. The zero-order valence-electron chi connectivity index (χ0n) is 12.5. The van der Waals surface area contributed by atoms with Crippen LogP contribution in [0.15, 0.2) is 18.2 Å². The summed E-state index contributed by atoms with van der Waals surface area (Å²) < 4.78 is 11.4. The van der Waals surface area contributed by atoms with Crippen molar-refractivity contribution in [3.05, 3.63) is 18.2 Å². The molecule has 0 bridgehead atoms. The van der Waals surface area contributed by atoms with Gasteiger partial charge in [-0.05, 0) is 31.4 Å². The second-order valence-corrected chi connectivity index (χ2v) is 5.35. The van der Waals surface area contributed by atoms with Crippen molar-refractivity contribution in [2.45, 2.75) is 39.2 Å². The Labute approximate surface area is 121 Å². The normalized spacial score (nSPS) is 21.9. The molecule has 0 saturated carbocycles. The number of anilines is 2. The first-order valence-electron chi connectivity index (χ1n) is 7.62. The van der Waals surface area contributed by atoms with Crippen LogP contribution in [0.2, 0.25) is 0 Å². The van der Waals surface area contributed by atoms with Gasteiger partial charge in [0.25, 0.3) is 0 Å². The number of benzene rings is 1. The molecule has 20 heavy (non-hydrogen) atoms. The Morgan fingerprint density at radius 2 is 2.25 bits per heavy atom. The Balaban J connectivity index is 1.92. The molecule has 4 nitrogen and oxygen atoms in total. The summed E-state index contributed by atoms with van der Waals surface area (Å²) >= 11 is 0. The molecule has 2 rings (SSSR count). The lowest BCUT2D eigenvalue weighted by Gasteiger charge is -2.18. The van der Waals surface area contributed by atoms with Crippen molar-refractivity contribution >= 4 is 11.4 Å². The smallest absolute Gasteiger partial charge is 0.144 e. The molecule has 1 saturated heterocycles. The third kappa shape index (κ3) is 3.79. The first kappa shape index (κ1) is 15.0. The minimum atomic E-state index is 0.395. The molecule has 3 N–H and O–H groups in total. The lowest BCUT2D eigenvalue weighted by Crippen LogP contribution is -2.22. The molecule has 1 heterocycles. The van der Waals surface area contributed by atoms with Gasteiger partial charge in [-0.25, -0.2) is 0 Å². The Morgan fingerprint density at radius 1 is 1.40 bits per heavy atom. The minimum Gasteiger partial charge on any atom is -0.491 e. The van der Waals surface area contributed by atoms with Crippen molar-refractivity contribution in [1.29, 1.82) is 0 Å². The predicted molar refractivity (Wildman–Crippen MR) is 83.3 cm³/mol. The van der Waals surface area contributed by atoms with Crippen LogP contribution in [0.1, 0.15) is 33.1 Å².